The van der Waals surface area contributed by atoms with Gasteiger partial charge in [-0.2, -0.15) is 0 Å². The van der Waals surface area contributed by atoms with Crippen LogP contribution in [-0.2, 0) is 0 Å². The molecule has 1 unspecified atom stereocenters. The minimum atomic E-state index is 0.725. The minimum absolute atomic E-state index is 0.725. The second-order valence-corrected chi connectivity index (χ2v) is 4.08. The summed E-state index contributed by atoms with van der Waals surface area (Å²) in [6.45, 7) is 8.90. The maximum atomic E-state index is 2.43. The molecule has 0 heterocycles. The van der Waals surface area contributed by atoms with Crippen LogP contribution in [0, 0.1) is 5.92 Å². The van der Waals surface area contributed by atoms with Gasteiger partial charge in [0.05, 0.1) is 0 Å². The summed E-state index contributed by atoms with van der Waals surface area (Å²) in [5, 5.41) is 0. The van der Waals surface area contributed by atoms with Gasteiger partial charge in [0.2, 0.25) is 0 Å². The van der Waals surface area contributed by atoms with Gasteiger partial charge in [-0.25, -0.2) is 0 Å². The Bertz CT molecular complexity index is 174. The molecular weight excluding hydrogens is 168 g/mol. The van der Waals surface area contributed by atoms with Crippen LogP contribution in [0.25, 0.3) is 0 Å². The molecule has 82 valence electrons. The van der Waals surface area contributed by atoms with Crippen LogP contribution in [0.2, 0.25) is 0 Å². The summed E-state index contributed by atoms with van der Waals surface area (Å²) in [5.41, 5.74) is 1.52. The van der Waals surface area contributed by atoms with Crippen molar-refractivity contribution < 1.29 is 0 Å². The molecule has 0 radical (unpaired) electrons. The molecule has 0 aliphatic rings. The summed E-state index contributed by atoms with van der Waals surface area (Å²) in [4.78, 5) is 0. The minimum Gasteiger partial charge on any atom is -0.0874 e. The van der Waals surface area contributed by atoms with Gasteiger partial charge in [-0.05, 0) is 25.7 Å². The Kier molecular flexibility index (Phi) is 8.72. The third kappa shape index (κ3) is 6.94. The zero-order valence-corrected chi connectivity index (χ0v) is 10.3. The summed E-state index contributed by atoms with van der Waals surface area (Å²) in [6.07, 6.45) is 13.3. The van der Waals surface area contributed by atoms with Crippen LogP contribution in [0.3, 0.4) is 0 Å². The molecule has 0 saturated heterocycles. The fourth-order valence-corrected chi connectivity index (χ4v) is 1.50. The first-order chi connectivity index (χ1) is 6.74. The SMILES string of the molecule is CC=CC(=CC(C)CC)CCCCC. The molecule has 0 heteroatoms. The first-order valence-electron chi connectivity index (χ1n) is 6.07. The average molecular weight is 194 g/mol. The van der Waals surface area contributed by atoms with Gasteiger partial charge >= 0.3 is 0 Å². The summed E-state index contributed by atoms with van der Waals surface area (Å²) >= 11 is 0. The number of rotatable bonds is 7. The molecule has 0 aromatic heterocycles. The van der Waals surface area contributed by atoms with E-state index in [0.717, 1.165) is 5.92 Å². The summed E-state index contributed by atoms with van der Waals surface area (Å²) < 4.78 is 0. The molecule has 0 aliphatic carbocycles. The Morgan fingerprint density at radius 1 is 1.21 bits per heavy atom. The van der Waals surface area contributed by atoms with Crippen molar-refractivity contribution in [2.24, 2.45) is 5.92 Å². The van der Waals surface area contributed by atoms with Gasteiger partial charge < -0.3 is 0 Å². The molecule has 0 aromatic rings. The Hall–Kier alpha value is -0.520. The third-order valence-corrected chi connectivity index (χ3v) is 2.59. The molecule has 0 aromatic carbocycles. The van der Waals surface area contributed by atoms with Crippen LogP contribution in [0.1, 0.15) is 59.8 Å². The van der Waals surface area contributed by atoms with Crippen LogP contribution in [0.15, 0.2) is 23.8 Å². The van der Waals surface area contributed by atoms with E-state index < -0.39 is 0 Å². The largest absolute Gasteiger partial charge is 0.0874 e. The van der Waals surface area contributed by atoms with E-state index in [1.54, 1.807) is 0 Å². The topological polar surface area (TPSA) is 0 Å². The standard InChI is InChI=1S/C14H26/c1-5-8-9-11-14(10-6-2)12-13(4)7-3/h6,10,12-13H,5,7-9,11H2,1-4H3. The second kappa shape index (κ2) is 9.05. The van der Waals surface area contributed by atoms with E-state index in [-0.39, 0.29) is 0 Å². The van der Waals surface area contributed by atoms with E-state index in [4.69, 9.17) is 0 Å². The normalized spacial score (nSPS) is 15.0. The van der Waals surface area contributed by atoms with Gasteiger partial charge in [-0.3, -0.25) is 0 Å². The van der Waals surface area contributed by atoms with E-state index in [1.807, 2.05) is 0 Å². The first-order valence-corrected chi connectivity index (χ1v) is 6.07. The van der Waals surface area contributed by atoms with Crippen LogP contribution in [0.4, 0.5) is 0 Å². The van der Waals surface area contributed by atoms with Gasteiger partial charge in [0, 0.05) is 0 Å². The lowest BCUT2D eigenvalue weighted by atomic mass is 10.0. The van der Waals surface area contributed by atoms with E-state index in [9.17, 15) is 0 Å². The number of allylic oxidation sites excluding steroid dienone is 4. The van der Waals surface area contributed by atoms with Gasteiger partial charge in [-0.15, -0.1) is 0 Å². The molecule has 0 amide bonds. The summed E-state index contributed by atoms with van der Waals surface area (Å²) in [7, 11) is 0. The van der Waals surface area contributed by atoms with Crippen molar-refractivity contribution in [3.05, 3.63) is 23.8 Å². The Labute approximate surface area is 90.1 Å². The predicted octanol–water partition coefficient (Wildman–Crippen LogP) is 5.12. The lowest BCUT2D eigenvalue weighted by Crippen LogP contribution is -1.89. The quantitative estimate of drug-likeness (QED) is 0.390. The molecule has 0 spiro atoms. The molecule has 0 rings (SSSR count). The van der Waals surface area contributed by atoms with Gasteiger partial charge in [-0.1, -0.05) is 63.8 Å². The lowest BCUT2D eigenvalue weighted by molar-refractivity contribution is 0.677. The lowest BCUT2D eigenvalue weighted by Gasteiger charge is -2.06. The van der Waals surface area contributed by atoms with Crippen molar-refractivity contribution in [3.8, 4) is 0 Å². The summed E-state index contributed by atoms with van der Waals surface area (Å²) in [5.74, 6) is 0.725. The summed E-state index contributed by atoms with van der Waals surface area (Å²) in [6, 6.07) is 0. The number of hydrogen-bond acceptors (Lipinski definition) is 0. The van der Waals surface area contributed by atoms with Crippen molar-refractivity contribution >= 4 is 0 Å². The molecular formula is C14H26. The molecule has 14 heavy (non-hydrogen) atoms. The molecule has 0 N–H and O–H groups in total. The molecule has 0 aliphatic heterocycles. The Morgan fingerprint density at radius 2 is 1.93 bits per heavy atom. The molecule has 0 nitrogen and oxygen atoms in total. The molecule has 0 bridgehead atoms. The highest BCUT2D eigenvalue weighted by Gasteiger charge is 1.97. The van der Waals surface area contributed by atoms with Crippen molar-refractivity contribution in [2.75, 3.05) is 0 Å². The van der Waals surface area contributed by atoms with Crippen molar-refractivity contribution in [3.63, 3.8) is 0 Å². The number of unbranched alkanes of at least 4 members (excludes halogenated alkanes) is 2. The maximum Gasteiger partial charge on any atom is -0.0259 e. The average Bonchev–Trinajstić information content (AvgIpc) is 2.18. The van der Waals surface area contributed by atoms with E-state index in [1.165, 1.54) is 37.7 Å². The zero-order chi connectivity index (χ0) is 10.8. The highest BCUT2D eigenvalue weighted by Crippen LogP contribution is 2.15. The number of hydrogen-bond donors (Lipinski definition) is 0. The molecule has 0 saturated carbocycles. The van der Waals surface area contributed by atoms with Crippen molar-refractivity contribution in [1.82, 2.24) is 0 Å². The van der Waals surface area contributed by atoms with E-state index >= 15 is 0 Å². The highest BCUT2D eigenvalue weighted by molar-refractivity contribution is 5.18. The fraction of sp³-hybridized carbons (Fsp3) is 0.714. The first kappa shape index (κ1) is 13.5. The Morgan fingerprint density at radius 3 is 2.43 bits per heavy atom. The van der Waals surface area contributed by atoms with Crippen LogP contribution < -0.4 is 0 Å². The van der Waals surface area contributed by atoms with Gasteiger partial charge in [0.15, 0.2) is 0 Å². The third-order valence-electron chi connectivity index (χ3n) is 2.59. The van der Waals surface area contributed by atoms with Crippen molar-refractivity contribution in [2.45, 2.75) is 59.8 Å². The maximum absolute atomic E-state index is 2.43. The van der Waals surface area contributed by atoms with Crippen LogP contribution >= 0.6 is 0 Å². The predicted molar refractivity (Wildman–Crippen MR) is 66.5 cm³/mol. The molecule has 1 atom stereocenters. The fourth-order valence-electron chi connectivity index (χ4n) is 1.50. The monoisotopic (exact) mass is 194 g/mol. The highest BCUT2D eigenvalue weighted by atomic mass is 14.0. The van der Waals surface area contributed by atoms with Crippen LogP contribution in [-0.4, -0.2) is 0 Å². The van der Waals surface area contributed by atoms with E-state index in [2.05, 4.69) is 45.9 Å². The Balaban J connectivity index is 4.07. The van der Waals surface area contributed by atoms with Gasteiger partial charge in [0.1, 0.15) is 0 Å². The van der Waals surface area contributed by atoms with Gasteiger partial charge in [0.25, 0.3) is 0 Å². The van der Waals surface area contributed by atoms with Crippen LogP contribution in [0.5, 0.6) is 0 Å². The molecule has 0 fully saturated rings. The second-order valence-electron chi connectivity index (χ2n) is 4.08. The zero-order valence-electron chi connectivity index (χ0n) is 10.3. The van der Waals surface area contributed by atoms with Crippen molar-refractivity contribution in [1.29, 1.82) is 0 Å². The van der Waals surface area contributed by atoms with E-state index in [0.29, 0.717) is 0 Å². The smallest absolute Gasteiger partial charge is 0.0259 e.